The lowest BCUT2D eigenvalue weighted by molar-refractivity contribution is -0.0925. The molecular weight excluding hydrogens is 446 g/mol. The Morgan fingerprint density at radius 3 is 2.79 bits per heavy atom. The highest BCUT2D eigenvalue weighted by Gasteiger charge is 2.48. The number of nitrogens with one attached hydrogen (secondary N) is 1. The number of hydrogen-bond acceptors (Lipinski definition) is 7. The van der Waals surface area contributed by atoms with E-state index in [-0.39, 0.29) is 36.6 Å². The van der Waals surface area contributed by atoms with Crippen molar-refractivity contribution in [2.45, 2.75) is 51.6 Å². The molecule has 5 rings (SSSR count). The SMILES string of the molecule is Cc1ccc(-c2noc(C3CC(F)(F)C3)n2)cc1NC(=O)c1cnc2cc(OC(C)C)ncn12. The van der Waals surface area contributed by atoms with E-state index in [9.17, 15) is 13.6 Å². The van der Waals surface area contributed by atoms with E-state index in [0.29, 0.717) is 28.5 Å². The van der Waals surface area contributed by atoms with Gasteiger partial charge in [0.05, 0.1) is 12.3 Å². The molecule has 1 fully saturated rings. The van der Waals surface area contributed by atoms with Crippen molar-refractivity contribution < 1.29 is 22.8 Å². The van der Waals surface area contributed by atoms with Crippen molar-refractivity contribution in [1.29, 1.82) is 0 Å². The molecule has 4 aromatic rings. The number of aryl methyl sites for hydroxylation is 1. The Bertz CT molecular complexity index is 1370. The van der Waals surface area contributed by atoms with E-state index in [1.54, 1.807) is 22.6 Å². The number of rotatable bonds is 6. The first-order chi connectivity index (χ1) is 16.2. The maximum Gasteiger partial charge on any atom is 0.274 e. The first kappa shape index (κ1) is 21.9. The van der Waals surface area contributed by atoms with Crippen LogP contribution in [0, 0.1) is 6.92 Å². The molecule has 3 heterocycles. The fourth-order valence-electron chi connectivity index (χ4n) is 3.78. The van der Waals surface area contributed by atoms with Gasteiger partial charge in [0.15, 0.2) is 0 Å². The highest BCUT2D eigenvalue weighted by atomic mass is 19.3. The maximum absolute atomic E-state index is 13.2. The molecule has 1 aliphatic carbocycles. The molecule has 3 aromatic heterocycles. The minimum Gasteiger partial charge on any atom is -0.475 e. The molecule has 0 unspecified atom stereocenters. The number of carbonyl (C=O) groups is 1. The van der Waals surface area contributed by atoms with Gasteiger partial charge in [-0.3, -0.25) is 9.20 Å². The molecule has 0 spiro atoms. The first-order valence-electron chi connectivity index (χ1n) is 10.8. The number of fused-ring (bicyclic) bond motifs is 1. The average Bonchev–Trinajstić information content (AvgIpc) is 3.40. The molecule has 0 aliphatic heterocycles. The molecular formula is C23H22F2N6O3. The fourth-order valence-corrected chi connectivity index (χ4v) is 3.78. The lowest BCUT2D eigenvalue weighted by atomic mass is 9.81. The molecule has 1 N–H and O–H groups in total. The molecule has 1 amide bonds. The molecule has 1 aliphatic rings. The molecule has 0 saturated heterocycles. The summed E-state index contributed by atoms with van der Waals surface area (Å²) in [6.45, 7) is 5.64. The zero-order valence-electron chi connectivity index (χ0n) is 18.7. The number of anilines is 1. The number of alkyl halides is 2. The summed E-state index contributed by atoms with van der Waals surface area (Å²) < 4.78 is 38.7. The van der Waals surface area contributed by atoms with Crippen molar-refractivity contribution >= 4 is 17.2 Å². The van der Waals surface area contributed by atoms with Crippen LogP contribution < -0.4 is 10.1 Å². The van der Waals surface area contributed by atoms with Gasteiger partial charge in [0.2, 0.25) is 23.5 Å². The van der Waals surface area contributed by atoms with Gasteiger partial charge in [-0.15, -0.1) is 0 Å². The van der Waals surface area contributed by atoms with Crippen LogP contribution in [0.1, 0.15) is 54.5 Å². The van der Waals surface area contributed by atoms with Gasteiger partial charge in [0, 0.05) is 36.1 Å². The third-order valence-electron chi connectivity index (χ3n) is 5.59. The van der Waals surface area contributed by atoms with E-state index < -0.39 is 11.8 Å². The smallest absolute Gasteiger partial charge is 0.274 e. The number of ether oxygens (including phenoxy) is 1. The molecule has 0 bridgehead atoms. The Hall–Kier alpha value is -3.89. The van der Waals surface area contributed by atoms with Crippen LogP contribution in [0.3, 0.4) is 0 Å². The van der Waals surface area contributed by atoms with Crippen molar-refractivity contribution in [3.8, 4) is 17.3 Å². The predicted molar refractivity (Wildman–Crippen MR) is 118 cm³/mol. The third kappa shape index (κ3) is 4.20. The van der Waals surface area contributed by atoms with Gasteiger partial charge in [-0.25, -0.2) is 18.7 Å². The van der Waals surface area contributed by atoms with E-state index >= 15 is 0 Å². The fraction of sp³-hybridized carbons (Fsp3) is 0.348. The zero-order chi connectivity index (χ0) is 24.0. The zero-order valence-corrected chi connectivity index (χ0v) is 18.7. The predicted octanol–water partition coefficient (Wildman–Crippen LogP) is 4.64. The van der Waals surface area contributed by atoms with Gasteiger partial charge in [0.25, 0.3) is 5.91 Å². The van der Waals surface area contributed by atoms with E-state index in [2.05, 4.69) is 25.4 Å². The van der Waals surface area contributed by atoms with Crippen molar-refractivity contribution in [1.82, 2.24) is 24.5 Å². The van der Waals surface area contributed by atoms with Crippen LogP contribution in [-0.4, -0.2) is 42.4 Å². The number of halogens is 2. The quantitative estimate of drug-likeness (QED) is 0.439. The van der Waals surface area contributed by atoms with E-state index in [4.69, 9.17) is 9.26 Å². The maximum atomic E-state index is 13.2. The minimum atomic E-state index is -2.67. The van der Waals surface area contributed by atoms with Gasteiger partial charge < -0.3 is 14.6 Å². The van der Waals surface area contributed by atoms with Gasteiger partial charge in [-0.2, -0.15) is 4.98 Å². The second-order valence-corrected chi connectivity index (χ2v) is 8.67. The Balaban J connectivity index is 1.35. The average molecular weight is 468 g/mol. The standard InChI is InChI=1S/C23H22F2N6O3/c1-12(2)33-19-7-18-26-10-17(31(18)11-27-19)21(32)28-16-6-14(5-4-13(16)3)20-29-22(34-30-20)15-8-23(24,25)9-15/h4-7,10-12,15H,8-9H2,1-3H3,(H,28,32). The van der Waals surface area contributed by atoms with Gasteiger partial charge in [-0.05, 0) is 32.4 Å². The number of imidazole rings is 1. The van der Waals surface area contributed by atoms with Crippen LogP contribution in [-0.2, 0) is 0 Å². The molecule has 11 heteroatoms. The Kier molecular flexibility index (Phi) is 5.26. The molecule has 1 aromatic carbocycles. The van der Waals surface area contributed by atoms with Gasteiger partial charge >= 0.3 is 0 Å². The van der Waals surface area contributed by atoms with E-state index in [1.165, 1.54) is 12.5 Å². The highest BCUT2D eigenvalue weighted by molar-refractivity contribution is 6.04. The lowest BCUT2D eigenvalue weighted by Gasteiger charge is -2.31. The summed E-state index contributed by atoms with van der Waals surface area (Å²) in [5.74, 6) is -2.58. The Morgan fingerprint density at radius 2 is 2.06 bits per heavy atom. The lowest BCUT2D eigenvalue weighted by Crippen LogP contribution is -2.33. The number of amides is 1. The number of aromatic nitrogens is 5. The normalized spacial score (nSPS) is 15.5. The summed E-state index contributed by atoms with van der Waals surface area (Å²) in [5, 5.41) is 6.81. The molecule has 176 valence electrons. The second kappa shape index (κ2) is 8.15. The first-order valence-corrected chi connectivity index (χ1v) is 10.8. The van der Waals surface area contributed by atoms with Crippen molar-refractivity contribution in [2.75, 3.05) is 5.32 Å². The van der Waals surface area contributed by atoms with Gasteiger partial charge in [-0.1, -0.05) is 17.3 Å². The summed E-state index contributed by atoms with van der Waals surface area (Å²) in [7, 11) is 0. The summed E-state index contributed by atoms with van der Waals surface area (Å²) in [5.41, 5.74) is 2.79. The number of nitrogens with zero attached hydrogens (tertiary/aromatic N) is 5. The van der Waals surface area contributed by atoms with E-state index in [1.807, 2.05) is 26.8 Å². The largest absolute Gasteiger partial charge is 0.475 e. The molecule has 0 atom stereocenters. The summed E-state index contributed by atoms with van der Waals surface area (Å²) in [4.78, 5) is 25.8. The van der Waals surface area contributed by atoms with Crippen molar-refractivity contribution in [3.05, 3.63) is 53.9 Å². The summed E-state index contributed by atoms with van der Waals surface area (Å²) in [6.07, 6.45) is 2.34. The second-order valence-electron chi connectivity index (χ2n) is 8.67. The van der Waals surface area contributed by atoms with Crippen LogP contribution in [0.2, 0.25) is 0 Å². The summed E-state index contributed by atoms with van der Waals surface area (Å²) in [6, 6.07) is 6.97. The number of benzene rings is 1. The number of carbonyl (C=O) groups excluding carboxylic acids is 1. The topological polar surface area (TPSA) is 107 Å². The van der Waals surface area contributed by atoms with Crippen LogP contribution in [0.4, 0.5) is 14.5 Å². The Labute approximate surface area is 193 Å². The van der Waals surface area contributed by atoms with Crippen LogP contribution in [0.15, 0.2) is 41.3 Å². The van der Waals surface area contributed by atoms with E-state index in [0.717, 1.165) is 5.56 Å². The highest BCUT2D eigenvalue weighted by Crippen LogP contribution is 2.48. The van der Waals surface area contributed by atoms with Crippen molar-refractivity contribution in [2.24, 2.45) is 0 Å². The number of hydrogen-bond donors (Lipinski definition) is 1. The van der Waals surface area contributed by atoms with Crippen LogP contribution >= 0.6 is 0 Å². The molecule has 1 saturated carbocycles. The van der Waals surface area contributed by atoms with Crippen LogP contribution in [0.25, 0.3) is 17.0 Å². The molecule has 9 nitrogen and oxygen atoms in total. The third-order valence-corrected chi connectivity index (χ3v) is 5.59. The monoisotopic (exact) mass is 468 g/mol. The van der Waals surface area contributed by atoms with Gasteiger partial charge in [0.1, 0.15) is 17.7 Å². The van der Waals surface area contributed by atoms with Crippen molar-refractivity contribution in [3.63, 3.8) is 0 Å². The van der Waals surface area contributed by atoms with Crippen LogP contribution in [0.5, 0.6) is 5.88 Å². The Morgan fingerprint density at radius 1 is 1.26 bits per heavy atom. The minimum absolute atomic E-state index is 0.0344. The molecule has 0 radical (unpaired) electrons. The summed E-state index contributed by atoms with van der Waals surface area (Å²) >= 11 is 0. The molecule has 34 heavy (non-hydrogen) atoms.